The number of nitrogen functional groups attached to an aromatic ring is 1. The van der Waals surface area contributed by atoms with E-state index in [0.29, 0.717) is 12.1 Å². The standard InChI is InChI=1S/C9H10N2O/c10-9-7-11-5-4-8(9)3-1-2-6-12/h1,3-7H,2,10H2. The van der Waals surface area contributed by atoms with E-state index in [-0.39, 0.29) is 0 Å². The van der Waals surface area contributed by atoms with Gasteiger partial charge < -0.3 is 10.5 Å². The zero-order valence-electron chi connectivity index (χ0n) is 6.60. The highest BCUT2D eigenvalue weighted by Gasteiger charge is 1.90. The molecule has 0 bridgehead atoms. The van der Waals surface area contributed by atoms with Crippen LogP contribution in [-0.4, -0.2) is 11.3 Å². The van der Waals surface area contributed by atoms with Crippen molar-refractivity contribution in [3.63, 3.8) is 0 Å². The Morgan fingerprint density at radius 1 is 1.58 bits per heavy atom. The van der Waals surface area contributed by atoms with E-state index < -0.39 is 0 Å². The number of nitrogens with zero attached hydrogens (tertiary/aromatic N) is 1. The predicted octanol–water partition coefficient (Wildman–Crippen LogP) is 1.27. The highest BCUT2D eigenvalue weighted by atomic mass is 16.1. The molecule has 12 heavy (non-hydrogen) atoms. The molecule has 1 aromatic rings. The molecule has 0 aliphatic carbocycles. The lowest BCUT2D eigenvalue weighted by Crippen LogP contribution is -1.89. The molecule has 0 aliphatic rings. The third-order valence-corrected chi connectivity index (χ3v) is 1.42. The highest BCUT2D eigenvalue weighted by Crippen LogP contribution is 2.10. The Morgan fingerprint density at radius 2 is 2.42 bits per heavy atom. The summed E-state index contributed by atoms with van der Waals surface area (Å²) in [6, 6.07) is 1.80. The van der Waals surface area contributed by atoms with Gasteiger partial charge in [0.1, 0.15) is 6.29 Å². The number of rotatable bonds is 3. The number of carbonyl (C=O) groups excluding carboxylic acids is 1. The van der Waals surface area contributed by atoms with Crippen LogP contribution in [0.2, 0.25) is 0 Å². The molecular formula is C9H10N2O. The van der Waals surface area contributed by atoms with Gasteiger partial charge in [-0.3, -0.25) is 4.98 Å². The van der Waals surface area contributed by atoms with Crippen molar-refractivity contribution in [2.45, 2.75) is 6.42 Å². The maximum atomic E-state index is 9.99. The van der Waals surface area contributed by atoms with Gasteiger partial charge in [-0.2, -0.15) is 0 Å². The number of pyridine rings is 1. The molecule has 0 fully saturated rings. The van der Waals surface area contributed by atoms with Crippen LogP contribution in [0.4, 0.5) is 5.69 Å². The van der Waals surface area contributed by atoms with E-state index >= 15 is 0 Å². The summed E-state index contributed by atoms with van der Waals surface area (Å²) >= 11 is 0. The number of nitrogens with two attached hydrogens (primary N) is 1. The molecular weight excluding hydrogens is 152 g/mol. The van der Waals surface area contributed by atoms with Crippen LogP contribution in [-0.2, 0) is 4.79 Å². The fraction of sp³-hybridized carbons (Fsp3) is 0.111. The number of allylic oxidation sites excluding steroid dienone is 1. The van der Waals surface area contributed by atoms with Gasteiger partial charge in [0.05, 0.1) is 11.9 Å². The molecule has 0 saturated heterocycles. The first kappa shape index (κ1) is 8.46. The lowest BCUT2D eigenvalue weighted by atomic mass is 10.2. The summed E-state index contributed by atoms with van der Waals surface area (Å²) in [7, 11) is 0. The van der Waals surface area contributed by atoms with Gasteiger partial charge in [0.25, 0.3) is 0 Å². The second-order valence-corrected chi connectivity index (χ2v) is 2.31. The third-order valence-electron chi connectivity index (χ3n) is 1.42. The van der Waals surface area contributed by atoms with Crippen LogP contribution in [0.25, 0.3) is 6.08 Å². The summed E-state index contributed by atoms with van der Waals surface area (Å²) < 4.78 is 0. The van der Waals surface area contributed by atoms with Gasteiger partial charge in [-0.25, -0.2) is 0 Å². The summed E-state index contributed by atoms with van der Waals surface area (Å²) in [5, 5.41) is 0. The first-order chi connectivity index (χ1) is 5.84. The van der Waals surface area contributed by atoms with Gasteiger partial charge in [0.2, 0.25) is 0 Å². The second kappa shape index (κ2) is 4.28. The molecule has 1 heterocycles. The van der Waals surface area contributed by atoms with Crippen LogP contribution in [0.15, 0.2) is 24.5 Å². The zero-order chi connectivity index (χ0) is 8.81. The van der Waals surface area contributed by atoms with Crippen molar-refractivity contribution in [2.75, 3.05) is 5.73 Å². The molecule has 1 rings (SSSR count). The third kappa shape index (κ3) is 2.20. The van der Waals surface area contributed by atoms with Crippen molar-refractivity contribution >= 4 is 18.0 Å². The number of aldehydes is 1. The van der Waals surface area contributed by atoms with Gasteiger partial charge in [-0.1, -0.05) is 12.2 Å². The van der Waals surface area contributed by atoms with Crippen molar-refractivity contribution in [2.24, 2.45) is 0 Å². The van der Waals surface area contributed by atoms with Crippen LogP contribution < -0.4 is 5.73 Å². The van der Waals surface area contributed by atoms with Crippen LogP contribution in [0, 0.1) is 0 Å². The Morgan fingerprint density at radius 3 is 3.08 bits per heavy atom. The summed E-state index contributed by atoms with van der Waals surface area (Å²) in [6.07, 6.45) is 8.08. The van der Waals surface area contributed by atoms with E-state index in [1.807, 2.05) is 6.08 Å². The Bertz CT molecular complexity index is 294. The first-order valence-corrected chi connectivity index (χ1v) is 3.64. The second-order valence-electron chi connectivity index (χ2n) is 2.31. The van der Waals surface area contributed by atoms with Crippen molar-refractivity contribution in [3.8, 4) is 0 Å². The average molecular weight is 162 g/mol. The van der Waals surface area contributed by atoms with Gasteiger partial charge in [-0.05, 0) is 6.07 Å². The first-order valence-electron chi connectivity index (χ1n) is 3.64. The number of anilines is 1. The van der Waals surface area contributed by atoms with E-state index in [0.717, 1.165) is 11.8 Å². The molecule has 0 saturated carbocycles. The normalized spacial score (nSPS) is 10.3. The molecule has 2 N–H and O–H groups in total. The van der Waals surface area contributed by atoms with E-state index in [1.54, 1.807) is 24.5 Å². The number of hydrogen-bond donors (Lipinski definition) is 1. The number of carbonyl (C=O) groups is 1. The monoisotopic (exact) mass is 162 g/mol. The van der Waals surface area contributed by atoms with E-state index in [9.17, 15) is 4.79 Å². The van der Waals surface area contributed by atoms with Crippen LogP contribution in [0.5, 0.6) is 0 Å². The summed E-state index contributed by atoms with van der Waals surface area (Å²) in [4.78, 5) is 13.8. The fourth-order valence-corrected chi connectivity index (χ4v) is 0.820. The Hall–Kier alpha value is -1.64. The minimum Gasteiger partial charge on any atom is -0.397 e. The average Bonchev–Trinajstić information content (AvgIpc) is 2.09. The Balaban J connectivity index is 2.74. The Labute approximate surface area is 70.9 Å². The number of aromatic nitrogens is 1. The topological polar surface area (TPSA) is 56.0 Å². The van der Waals surface area contributed by atoms with Gasteiger partial charge in [0, 0.05) is 18.2 Å². The largest absolute Gasteiger partial charge is 0.397 e. The minimum absolute atomic E-state index is 0.418. The maximum Gasteiger partial charge on any atom is 0.123 e. The lowest BCUT2D eigenvalue weighted by Gasteiger charge is -1.96. The maximum absolute atomic E-state index is 9.99. The summed E-state index contributed by atoms with van der Waals surface area (Å²) in [6.45, 7) is 0. The van der Waals surface area contributed by atoms with Crippen molar-refractivity contribution in [3.05, 3.63) is 30.1 Å². The van der Waals surface area contributed by atoms with Crippen molar-refractivity contribution < 1.29 is 4.79 Å². The van der Waals surface area contributed by atoms with Gasteiger partial charge >= 0.3 is 0 Å². The molecule has 0 unspecified atom stereocenters. The predicted molar refractivity (Wildman–Crippen MR) is 48.4 cm³/mol. The van der Waals surface area contributed by atoms with Crippen molar-refractivity contribution in [1.29, 1.82) is 0 Å². The molecule has 0 radical (unpaired) electrons. The molecule has 0 atom stereocenters. The zero-order valence-corrected chi connectivity index (χ0v) is 6.60. The quantitative estimate of drug-likeness (QED) is 0.681. The van der Waals surface area contributed by atoms with Gasteiger partial charge in [0.15, 0.2) is 0 Å². The van der Waals surface area contributed by atoms with Gasteiger partial charge in [-0.15, -0.1) is 0 Å². The minimum atomic E-state index is 0.418. The highest BCUT2D eigenvalue weighted by molar-refractivity contribution is 5.65. The molecule has 0 aliphatic heterocycles. The van der Waals surface area contributed by atoms with Crippen LogP contribution in [0.1, 0.15) is 12.0 Å². The molecule has 3 nitrogen and oxygen atoms in total. The SMILES string of the molecule is Nc1cnccc1C=CCC=O. The summed E-state index contributed by atoms with van der Waals surface area (Å²) in [5.41, 5.74) is 7.12. The van der Waals surface area contributed by atoms with Crippen molar-refractivity contribution in [1.82, 2.24) is 4.98 Å². The molecule has 0 aromatic carbocycles. The lowest BCUT2D eigenvalue weighted by molar-refractivity contribution is -0.107. The molecule has 3 heteroatoms. The summed E-state index contributed by atoms with van der Waals surface area (Å²) in [5.74, 6) is 0. The van der Waals surface area contributed by atoms with E-state index in [1.165, 1.54) is 0 Å². The molecule has 62 valence electrons. The molecule has 1 aromatic heterocycles. The van der Waals surface area contributed by atoms with E-state index in [2.05, 4.69) is 4.98 Å². The fourth-order valence-electron chi connectivity index (χ4n) is 0.820. The Kier molecular flexibility index (Phi) is 3.02. The molecule has 0 amide bonds. The van der Waals surface area contributed by atoms with E-state index in [4.69, 9.17) is 5.73 Å². The molecule has 0 spiro atoms. The van der Waals surface area contributed by atoms with Crippen LogP contribution >= 0.6 is 0 Å². The smallest absolute Gasteiger partial charge is 0.123 e. The number of hydrogen-bond acceptors (Lipinski definition) is 3. The van der Waals surface area contributed by atoms with Crippen LogP contribution in [0.3, 0.4) is 0 Å².